The Bertz CT molecular complexity index is 802. The van der Waals surface area contributed by atoms with Gasteiger partial charge in [0.25, 0.3) is 0 Å². The molecule has 12 heteroatoms. The van der Waals surface area contributed by atoms with Crippen LogP contribution >= 0.6 is 12.6 Å². The Morgan fingerprint density at radius 3 is 2.59 bits per heavy atom. The van der Waals surface area contributed by atoms with Gasteiger partial charge >= 0.3 is 5.97 Å². The molecule has 1 aliphatic heterocycles. The van der Waals surface area contributed by atoms with Gasteiger partial charge in [-0.3, -0.25) is 14.4 Å². The molecule has 1 fully saturated rings. The highest BCUT2D eigenvalue weighted by Crippen LogP contribution is 2.19. The highest BCUT2D eigenvalue weighted by Gasteiger charge is 2.38. The Morgan fingerprint density at radius 1 is 1.31 bits per heavy atom. The minimum absolute atomic E-state index is 0.0325. The van der Waals surface area contributed by atoms with Gasteiger partial charge in [-0.15, -0.1) is 0 Å². The number of aliphatic carboxylic acids is 1. The maximum atomic E-state index is 13.1. The van der Waals surface area contributed by atoms with E-state index in [1.54, 1.807) is 0 Å². The lowest BCUT2D eigenvalue weighted by Gasteiger charge is -2.29. The van der Waals surface area contributed by atoms with E-state index in [9.17, 15) is 24.3 Å². The minimum Gasteiger partial charge on any atom is -0.480 e. The molecule has 1 aromatic heterocycles. The average Bonchev–Trinajstić information content (AvgIpc) is 3.42. The van der Waals surface area contributed by atoms with Crippen LogP contribution in [0, 0.1) is 5.92 Å². The Kier molecular flexibility index (Phi) is 9.51. The summed E-state index contributed by atoms with van der Waals surface area (Å²) in [5.41, 5.74) is 6.46. The molecule has 178 valence electrons. The maximum absolute atomic E-state index is 13.1. The number of hydrogen-bond donors (Lipinski definition) is 6. The second-order valence-corrected chi connectivity index (χ2v) is 8.71. The lowest BCUT2D eigenvalue weighted by molar-refractivity contribution is -0.144. The molecule has 6 N–H and O–H groups in total. The summed E-state index contributed by atoms with van der Waals surface area (Å²) < 4.78 is 0. The molecule has 11 nitrogen and oxygen atoms in total. The predicted molar refractivity (Wildman–Crippen MR) is 120 cm³/mol. The highest BCUT2D eigenvalue weighted by atomic mass is 32.1. The number of carbonyl (C=O) groups excluding carboxylic acids is 3. The maximum Gasteiger partial charge on any atom is 0.326 e. The van der Waals surface area contributed by atoms with Crippen molar-refractivity contribution in [2.45, 2.75) is 63.7 Å². The SMILES string of the molecule is CC(C)CC(N)C(=O)NC(CS)C(=O)N1CCCC1C(=O)NC(Cc1cnc[nH]1)C(=O)O. The smallest absolute Gasteiger partial charge is 0.326 e. The molecule has 2 rings (SSSR count). The van der Waals surface area contributed by atoms with Gasteiger partial charge in [-0.25, -0.2) is 9.78 Å². The Balaban J connectivity index is 2.03. The summed E-state index contributed by atoms with van der Waals surface area (Å²) in [5, 5.41) is 14.6. The third-order valence-corrected chi connectivity index (χ3v) is 5.66. The first-order valence-electron chi connectivity index (χ1n) is 10.6. The molecular weight excluding hydrogens is 436 g/mol. The molecule has 2 heterocycles. The summed E-state index contributed by atoms with van der Waals surface area (Å²) in [6, 6.07) is -3.68. The van der Waals surface area contributed by atoms with E-state index in [1.165, 1.54) is 17.4 Å². The number of nitrogens with zero attached hydrogens (tertiary/aromatic N) is 2. The summed E-state index contributed by atoms with van der Waals surface area (Å²) in [6.07, 6.45) is 4.39. The number of nitrogens with two attached hydrogens (primary N) is 1. The number of hydrogen-bond acceptors (Lipinski definition) is 7. The fourth-order valence-corrected chi connectivity index (χ4v) is 3.91. The van der Waals surface area contributed by atoms with Crippen molar-refractivity contribution < 1.29 is 24.3 Å². The lowest BCUT2D eigenvalue weighted by atomic mass is 10.0. The van der Waals surface area contributed by atoms with Crippen LogP contribution in [0.1, 0.15) is 38.8 Å². The van der Waals surface area contributed by atoms with Crippen molar-refractivity contribution in [1.29, 1.82) is 0 Å². The van der Waals surface area contributed by atoms with Gasteiger partial charge in [-0.05, 0) is 25.2 Å². The predicted octanol–water partition coefficient (Wildman–Crippen LogP) is -0.699. The van der Waals surface area contributed by atoms with E-state index in [0.29, 0.717) is 31.5 Å². The Hall–Kier alpha value is -2.60. The molecule has 4 unspecified atom stereocenters. The summed E-state index contributed by atoms with van der Waals surface area (Å²) >= 11 is 4.18. The molecule has 1 aliphatic rings. The van der Waals surface area contributed by atoms with Crippen molar-refractivity contribution in [3.05, 3.63) is 18.2 Å². The van der Waals surface area contributed by atoms with Gasteiger partial charge in [0.15, 0.2) is 0 Å². The zero-order valence-corrected chi connectivity index (χ0v) is 19.2. The number of imidazole rings is 1. The number of aromatic amines is 1. The number of rotatable bonds is 11. The molecule has 0 saturated carbocycles. The van der Waals surface area contributed by atoms with E-state index in [2.05, 4.69) is 33.2 Å². The van der Waals surface area contributed by atoms with Crippen LogP contribution in [-0.2, 0) is 25.6 Å². The molecule has 0 radical (unpaired) electrons. The normalized spacial score (nSPS) is 18.8. The molecule has 3 amide bonds. The van der Waals surface area contributed by atoms with Crippen molar-refractivity contribution in [3.63, 3.8) is 0 Å². The number of nitrogens with one attached hydrogen (secondary N) is 3. The molecule has 0 aromatic carbocycles. The Labute approximate surface area is 192 Å². The van der Waals surface area contributed by atoms with Gasteiger partial charge in [0.05, 0.1) is 12.4 Å². The number of carboxylic acid groups (broad SMARTS) is 1. The number of carbonyl (C=O) groups is 4. The summed E-state index contributed by atoms with van der Waals surface area (Å²) in [4.78, 5) is 57.9. The number of likely N-dealkylation sites (tertiary alicyclic amines) is 1. The van der Waals surface area contributed by atoms with Gasteiger partial charge < -0.3 is 31.4 Å². The molecule has 32 heavy (non-hydrogen) atoms. The molecule has 1 saturated heterocycles. The number of aromatic nitrogens is 2. The van der Waals surface area contributed by atoms with Crippen LogP contribution in [-0.4, -0.2) is 80.1 Å². The second-order valence-electron chi connectivity index (χ2n) is 8.35. The first-order chi connectivity index (χ1) is 15.1. The van der Waals surface area contributed by atoms with Crippen LogP contribution in [0.5, 0.6) is 0 Å². The van der Waals surface area contributed by atoms with Crippen molar-refractivity contribution in [2.24, 2.45) is 11.7 Å². The highest BCUT2D eigenvalue weighted by molar-refractivity contribution is 7.80. The van der Waals surface area contributed by atoms with E-state index in [0.717, 1.165) is 0 Å². The molecule has 4 atom stereocenters. The Morgan fingerprint density at radius 2 is 2.03 bits per heavy atom. The van der Waals surface area contributed by atoms with Gasteiger partial charge in [0, 0.05) is 30.6 Å². The van der Waals surface area contributed by atoms with Gasteiger partial charge in [0.1, 0.15) is 18.1 Å². The number of thiol groups is 1. The molecule has 1 aromatic rings. The van der Waals surface area contributed by atoms with Crippen LogP contribution in [0.15, 0.2) is 12.5 Å². The van der Waals surface area contributed by atoms with Gasteiger partial charge in [-0.1, -0.05) is 13.8 Å². The summed E-state index contributed by atoms with van der Waals surface area (Å²) in [7, 11) is 0. The van der Waals surface area contributed by atoms with E-state index >= 15 is 0 Å². The standard InChI is InChI=1S/C20H32N6O5S/c1-11(2)6-13(21)17(27)25-15(9-32)19(29)26-5-3-4-16(26)18(28)24-14(20(30)31)7-12-8-22-10-23-12/h8,10-11,13-16,32H,3-7,9,21H2,1-2H3,(H,22,23)(H,24,28)(H,25,27)(H,30,31). The molecule has 0 aliphatic carbocycles. The van der Waals surface area contributed by atoms with Crippen LogP contribution in [0.3, 0.4) is 0 Å². The fraction of sp³-hybridized carbons (Fsp3) is 0.650. The second kappa shape index (κ2) is 11.9. The van der Waals surface area contributed by atoms with E-state index < -0.39 is 47.9 Å². The number of amides is 3. The van der Waals surface area contributed by atoms with Crippen molar-refractivity contribution in [3.8, 4) is 0 Å². The zero-order chi connectivity index (χ0) is 23.8. The van der Waals surface area contributed by atoms with E-state index in [-0.39, 0.29) is 18.1 Å². The molecular formula is C20H32N6O5S. The lowest BCUT2D eigenvalue weighted by Crippen LogP contribution is -2.57. The quantitative estimate of drug-likeness (QED) is 0.233. The molecule has 0 spiro atoms. The van der Waals surface area contributed by atoms with Gasteiger partial charge in [0.2, 0.25) is 17.7 Å². The fourth-order valence-electron chi connectivity index (χ4n) is 3.67. The first-order valence-corrected chi connectivity index (χ1v) is 11.2. The zero-order valence-electron chi connectivity index (χ0n) is 18.3. The van der Waals surface area contributed by atoms with Crippen LogP contribution in [0.4, 0.5) is 0 Å². The van der Waals surface area contributed by atoms with Crippen molar-refractivity contribution in [1.82, 2.24) is 25.5 Å². The summed E-state index contributed by atoms with van der Waals surface area (Å²) in [6.45, 7) is 4.21. The van der Waals surface area contributed by atoms with Gasteiger partial charge in [-0.2, -0.15) is 12.6 Å². The minimum atomic E-state index is -1.19. The number of H-pyrrole nitrogens is 1. The van der Waals surface area contributed by atoms with Crippen molar-refractivity contribution >= 4 is 36.3 Å². The monoisotopic (exact) mass is 468 g/mol. The van der Waals surface area contributed by atoms with Crippen LogP contribution in [0.2, 0.25) is 0 Å². The topological polar surface area (TPSA) is 171 Å². The largest absolute Gasteiger partial charge is 0.480 e. The third-order valence-electron chi connectivity index (χ3n) is 5.29. The average molecular weight is 469 g/mol. The molecule has 0 bridgehead atoms. The van der Waals surface area contributed by atoms with E-state index in [1.807, 2.05) is 13.8 Å². The number of carboxylic acids is 1. The summed E-state index contributed by atoms with van der Waals surface area (Å²) in [5.74, 6) is -2.37. The van der Waals surface area contributed by atoms with E-state index in [4.69, 9.17) is 5.73 Å². The third kappa shape index (κ3) is 6.95. The first kappa shape index (κ1) is 25.7. The van der Waals surface area contributed by atoms with Crippen molar-refractivity contribution in [2.75, 3.05) is 12.3 Å². The van der Waals surface area contributed by atoms with Crippen LogP contribution < -0.4 is 16.4 Å². The van der Waals surface area contributed by atoms with Crippen LogP contribution in [0.25, 0.3) is 0 Å².